The van der Waals surface area contributed by atoms with Gasteiger partial charge in [0.15, 0.2) is 0 Å². The Kier molecular flexibility index (Phi) is 7.82. The molecule has 1 atom stereocenters. The van der Waals surface area contributed by atoms with E-state index >= 15 is 0 Å². The normalized spacial score (nSPS) is 11.9. The molecule has 21 heavy (non-hydrogen) atoms. The molecule has 1 amide bonds. The van der Waals surface area contributed by atoms with Gasteiger partial charge < -0.3 is 10.4 Å². The maximum Gasteiger partial charge on any atom is 0.326 e. The number of nitrogens with one attached hydrogen (secondary N) is 1. The first-order chi connectivity index (χ1) is 10.0. The van der Waals surface area contributed by atoms with E-state index in [1.807, 2.05) is 6.92 Å². The van der Waals surface area contributed by atoms with Crippen molar-refractivity contribution >= 4 is 23.6 Å². The minimum absolute atomic E-state index is 0.188. The number of carbonyl (C=O) groups is 2. The van der Waals surface area contributed by atoms with Crippen LogP contribution in [-0.2, 0) is 15.3 Å². The number of amides is 1. The second-order valence-electron chi connectivity index (χ2n) is 4.72. The summed E-state index contributed by atoms with van der Waals surface area (Å²) in [4.78, 5) is 22.7. The zero-order valence-electron chi connectivity index (χ0n) is 12.0. The summed E-state index contributed by atoms with van der Waals surface area (Å²) in [5, 5.41) is 11.5. The van der Waals surface area contributed by atoms with Gasteiger partial charge in [-0.25, -0.2) is 9.18 Å². The Balaban J connectivity index is 2.32. The van der Waals surface area contributed by atoms with Crippen LogP contribution in [0.1, 0.15) is 31.7 Å². The van der Waals surface area contributed by atoms with E-state index in [0.29, 0.717) is 12.2 Å². The minimum Gasteiger partial charge on any atom is -0.480 e. The Morgan fingerprint density at radius 1 is 1.33 bits per heavy atom. The molecule has 1 aromatic carbocycles. The molecule has 0 saturated carbocycles. The van der Waals surface area contributed by atoms with Gasteiger partial charge in [0.1, 0.15) is 11.9 Å². The summed E-state index contributed by atoms with van der Waals surface area (Å²) >= 11 is 1.37. The lowest BCUT2D eigenvalue weighted by molar-refractivity contribution is -0.141. The highest BCUT2D eigenvalue weighted by molar-refractivity contribution is 7.99. The number of halogens is 1. The molecule has 0 fully saturated rings. The van der Waals surface area contributed by atoms with Gasteiger partial charge in [0.25, 0.3) is 0 Å². The Hall–Kier alpha value is -1.56. The van der Waals surface area contributed by atoms with Crippen molar-refractivity contribution in [1.82, 2.24) is 5.32 Å². The van der Waals surface area contributed by atoms with Crippen molar-refractivity contribution in [2.24, 2.45) is 0 Å². The highest BCUT2D eigenvalue weighted by atomic mass is 32.2. The van der Waals surface area contributed by atoms with Gasteiger partial charge in [-0.1, -0.05) is 31.9 Å². The number of benzene rings is 1. The third-order valence-electron chi connectivity index (χ3n) is 2.89. The molecule has 0 saturated heterocycles. The van der Waals surface area contributed by atoms with E-state index in [-0.39, 0.29) is 17.5 Å². The van der Waals surface area contributed by atoms with Gasteiger partial charge in [0.2, 0.25) is 5.91 Å². The first-order valence-electron chi connectivity index (χ1n) is 6.87. The van der Waals surface area contributed by atoms with Crippen LogP contribution in [0.5, 0.6) is 0 Å². The zero-order valence-corrected chi connectivity index (χ0v) is 12.8. The number of rotatable bonds is 9. The molecule has 1 rings (SSSR count). The summed E-state index contributed by atoms with van der Waals surface area (Å²) in [6.45, 7) is 1.97. The number of carboxylic acid groups (broad SMARTS) is 1. The van der Waals surface area contributed by atoms with Crippen molar-refractivity contribution in [3.63, 3.8) is 0 Å². The Labute approximate surface area is 128 Å². The molecule has 0 aromatic heterocycles. The molecule has 1 unspecified atom stereocenters. The summed E-state index contributed by atoms with van der Waals surface area (Å²) in [5.74, 6) is -0.805. The molecular formula is C15H20FNO3S. The van der Waals surface area contributed by atoms with Gasteiger partial charge >= 0.3 is 5.97 Å². The van der Waals surface area contributed by atoms with E-state index in [1.54, 1.807) is 12.1 Å². The first kappa shape index (κ1) is 17.5. The summed E-state index contributed by atoms with van der Waals surface area (Å²) in [5.41, 5.74) is 0.926. The molecule has 116 valence electrons. The molecule has 6 heteroatoms. The minimum atomic E-state index is -1.000. The van der Waals surface area contributed by atoms with Crippen LogP contribution in [0, 0.1) is 5.82 Å². The number of hydrogen-bond donors (Lipinski definition) is 2. The van der Waals surface area contributed by atoms with E-state index in [2.05, 4.69) is 5.32 Å². The van der Waals surface area contributed by atoms with E-state index in [9.17, 15) is 14.0 Å². The lowest BCUT2D eigenvalue weighted by Crippen LogP contribution is -2.41. The highest BCUT2D eigenvalue weighted by Gasteiger charge is 2.18. The molecule has 1 aromatic rings. The van der Waals surface area contributed by atoms with Crippen molar-refractivity contribution in [2.45, 2.75) is 38.0 Å². The summed E-state index contributed by atoms with van der Waals surface area (Å²) in [7, 11) is 0. The van der Waals surface area contributed by atoms with Crippen LogP contribution in [-0.4, -0.2) is 28.8 Å². The van der Waals surface area contributed by atoms with Gasteiger partial charge in [0, 0.05) is 5.75 Å². The third-order valence-corrected chi connectivity index (χ3v) is 3.90. The van der Waals surface area contributed by atoms with Crippen LogP contribution in [0.3, 0.4) is 0 Å². The fraction of sp³-hybridized carbons (Fsp3) is 0.467. The van der Waals surface area contributed by atoms with E-state index < -0.39 is 12.0 Å². The number of hydrogen-bond acceptors (Lipinski definition) is 3. The number of carbonyl (C=O) groups excluding carboxylic acids is 1. The van der Waals surface area contributed by atoms with Crippen molar-refractivity contribution < 1.29 is 19.1 Å². The smallest absolute Gasteiger partial charge is 0.326 e. The van der Waals surface area contributed by atoms with Gasteiger partial charge in [0.05, 0.1) is 5.75 Å². The fourth-order valence-electron chi connectivity index (χ4n) is 1.74. The number of aliphatic carboxylic acids is 1. The molecule has 0 aliphatic carbocycles. The topological polar surface area (TPSA) is 66.4 Å². The Morgan fingerprint density at radius 3 is 2.57 bits per heavy atom. The molecule has 0 heterocycles. The average molecular weight is 313 g/mol. The maximum absolute atomic E-state index is 12.7. The largest absolute Gasteiger partial charge is 0.480 e. The molecular weight excluding hydrogens is 293 g/mol. The van der Waals surface area contributed by atoms with E-state index in [1.165, 1.54) is 23.9 Å². The molecule has 0 spiro atoms. The van der Waals surface area contributed by atoms with Gasteiger partial charge in [-0.3, -0.25) is 4.79 Å². The van der Waals surface area contributed by atoms with Crippen LogP contribution < -0.4 is 5.32 Å². The Bertz CT molecular complexity index is 464. The van der Waals surface area contributed by atoms with Crippen molar-refractivity contribution in [3.05, 3.63) is 35.6 Å². The molecule has 0 radical (unpaired) electrons. The van der Waals surface area contributed by atoms with E-state index in [4.69, 9.17) is 5.11 Å². The van der Waals surface area contributed by atoms with Gasteiger partial charge in [-0.05, 0) is 24.1 Å². The average Bonchev–Trinajstić information content (AvgIpc) is 2.45. The van der Waals surface area contributed by atoms with Crippen LogP contribution in [0.15, 0.2) is 24.3 Å². The molecule has 0 aliphatic heterocycles. The highest BCUT2D eigenvalue weighted by Crippen LogP contribution is 2.12. The second kappa shape index (κ2) is 9.39. The second-order valence-corrected chi connectivity index (χ2v) is 5.71. The van der Waals surface area contributed by atoms with E-state index in [0.717, 1.165) is 18.4 Å². The maximum atomic E-state index is 12.7. The standard InChI is InChI=1S/C15H20FNO3S/c1-2-3-4-13(15(19)20)17-14(18)10-21-9-11-5-7-12(16)8-6-11/h5-8,13H,2-4,9-10H2,1H3,(H,17,18)(H,19,20). The third kappa shape index (κ3) is 7.13. The van der Waals surface area contributed by atoms with Crippen LogP contribution in [0.4, 0.5) is 4.39 Å². The molecule has 0 bridgehead atoms. The summed E-state index contributed by atoms with van der Waals surface area (Å²) in [6.07, 6.45) is 2.10. The van der Waals surface area contributed by atoms with Crippen molar-refractivity contribution in [1.29, 1.82) is 0 Å². The predicted molar refractivity (Wildman–Crippen MR) is 81.7 cm³/mol. The number of unbranched alkanes of at least 4 members (excludes halogenated alkanes) is 1. The summed E-state index contributed by atoms with van der Waals surface area (Å²) < 4.78 is 12.7. The number of thioether (sulfide) groups is 1. The van der Waals surface area contributed by atoms with Gasteiger partial charge in [-0.15, -0.1) is 11.8 Å². The predicted octanol–water partition coefficient (Wildman–Crippen LogP) is 2.82. The SMILES string of the molecule is CCCCC(NC(=O)CSCc1ccc(F)cc1)C(=O)O. The molecule has 2 N–H and O–H groups in total. The first-order valence-corrected chi connectivity index (χ1v) is 8.02. The van der Waals surface area contributed by atoms with Crippen LogP contribution in [0.25, 0.3) is 0 Å². The van der Waals surface area contributed by atoms with Crippen molar-refractivity contribution in [3.8, 4) is 0 Å². The van der Waals surface area contributed by atoms with Gasteiger partial charge in [-0.2, -0.15) is 0 Å². The molecule has 4 nitrogen and oxygen atoms in total. The number of carboxylic acids is 1. The summed E-state index contributed by atoms with van der Waals surface area (Å²) in [6, 6.07) is 5.27. The van der Waals surface area contributed by atoms with Crippen LogP contribution in [0.2, 0.25) is 0 Å². The monoisotopic (exact) mass is 313 g/mol. The van der Waals surface area contributed by atoms with Crippen molar-refractivity contribution in [2.75, 3.05) is 5.75 Å². The zero-order chi connectivity index (χ0) is 15.7. The Morgan fingerprint density at radius 2 is 2.00 bits per heavy atom. The fourth-order valence-corrected chi connectivity index (χ4v) is 2.54. The molecule has 0 aliphatic rings. The lowest BCUT2D eigenvalue weighted by Gasteiger charge is -2.13. The van der Waals surface area contributed by atoms with Crippen LogP contribution >= 0.6 is 11.8 Å². The lowest BCUT2D eigenvalue weighted by atomic mass is 10.1. The quantitative estimate of drug-likeness (QED) is 0.736.